The molecule has 5 N–H and O–H groups in total. The molecule has 0 aliphatic rings. The lowest BCUT2D eigenvalue weighted by molar-refractivity contribution is 0.521. The summed E-state index contributed by atoms with van der Waals surface area (Å²) in [6, 6.07) is 12.4. The Morgan fingerprint density at radius 2 is 1.79 bits per heavy atom. The van der Waals surface area contributed by atoms with Crippen LogP contribution in [0, 0.1) is 6.92 Å². The van der Waals surface area contributed by atoms with Gasteiger partial charge in [-0.3, -0.25) is 11.3 Å². The van der Waals surface area contributed by atoms with Crippen LogP contribution >= 0.6 is 0 Å². The molecule has 0 saturated carbocycles. The van der Waals surface area contributed by atoms with Crippen LogP contribution in [-0.4, -0.2) is 11.0 Å². The van der Waals surface area contributed by atoms with Crippen molar-refractivity contribution in [1.29, 1.82) is 0 Å². The van der Waals surface area contributed by atoms with Gasteiger partial charge in [-0.25, -0.2) is 4.98 Å². The molecule has 0 bridgehead atoms. The van der Waals surface area contributed by atoms with Gasteiger partial charge in [0, 0.05) is 12.2 Å². The maximum atomic E-state index is 5.87. The SMILES string of the molecule is Cc1ccccc1CC(Cc1cccnc1N)NN. The number of nitrogens with zero attached hydrogens (tertiary/aromatic N) is 1. The summed E-state index contributed by atoms with van der Waals surface area (Å²) in [5.41, 5.74) is 12.3. The van der Waals surface area contributed by atoms with Crippen LogP contribution in [0.25, 0.3) is 0 Å². The molecule has 4 heteroatoms. The molecule has 0 amide bonds. The summed E-state index contributed by atoms with van der Waals surface area (Å²) in [6.07, 6.45) is 3.34. The van der Waals surface area contributed by atoms with Crippen molar-refractivity contribution in [3.63, 3.8) is 0 Å². The minimum atomic E-state index is 0.146. The highest BCUT2D eigenvalue weighted by Crippen LogP contribution is 2.14. The number of hydrogen-bond donors (Lipinski definition) is 3. The average Bonchev–Trinajstić information content (AvgIpc) is 2.42. The number of hydrogen-bond acceptors (Lipinski definition) is 4. The zero-order valence-corrected chi connectivity index (χ0v) is 11.1. The van der Waals surface area contributed by atoms with Crippen molar-refractivity contribution in [2.45, 2.75) is 25.8 Å². The number of benzene rings is 1. The monoisotopic (exact) mass is 256 g/mol. The van der Waals surface area contributed by atoms with Gasteiger partial charge in [0.25, 0.3) is 0 Å². The summed E-state index contributed by atoms with van der Waals surface area (Å²) in [5.74, 6) is 6.23. The molecule has 0 aliphatic heterocycles. The summed E-state index contributed by atoms with van der Waals surface area (Å²) in [4.78, 5) is 4.10. The second-order valence-electron chi connectivity index (χ2n) is 4.75. The maximum absolute atomic E-state index is 5.87. The zero-order valence-electron chi connectivity index (χ0n) is 11.1. The first kappa shape index (κ1) is 13.5. The van der Waals surface area contributed by atoms with Crippen LogP contribution in [0.3, 0.4) is 0 Å². The van der Waals surface area contributed by atoms with E-state index in [1.807, 2.05) is 24.3 Å². The van der Waals surface area contributed by atoms with Gasteiger partial charge in [0.1, 0.15) is 5.82 Å². The third-order valence-electron chi connectivity index (χ3n) is 3.36. The van der Waals surface area contributed by atoms with Gasteiger partial charge in [-0.1, -0.05) is 30.3 Å². The third-order valence-corrected chi connectivity index (χ3v) is 3.36. The van der Waals surface area contributed by atoms with E-state index in [1.165, 1.54) is 11.1 Å². The Morgan fingerprint density at radius 3 is 2.47 bits per heavy atom. The van der Waals surface area contributed by atoms with Crippen LogP contribution in [0.15, 0.2) is 42.6 Å². The molecule has 1 atom stereocenters. The maximum Gasteiger partial charge on any atom is 0.126 e. The van der Waals surface area contributed by atoms with E-state index >= 15 is 0 Å². The van der Waals surface area contributed by atoms with Gasteiger partial charge in [0.15, 0.2) is 0 Å². The van der Waals surface area contributed by atoms with Gasteiger partial charge in [-0.2, -0.15) is 0 Å². The third kappa shape index (κ3) is 3.53. The lowest BCUT2D eigenvalue weighted by Crippen LogP contribution is -2.38. The van der Waals surface area contributed by atoms with Crippen LogP contribution in [0.1, 0.15) is 16.7 Å². The molecule has 0 spiro atoms. The summed E-state index contributed by atoms with van der Waals surface area (Å²) >= 11 is 0. The van der Waals surface area contributed by atoms with Crippen LogP contribution in [-0.2, 0) is 12.8 Å². The Hall–Kier alpha value is -1.91. The van der Waals surface area contributed by atoms with Crippen molar-refractivity contribution < 1.29 is 0 Å². The normalized spacial score (nSPS) is 12.3. The van der Waals surface area contributed by atoms with Gasteiger partial charge in [-0.05, 0) is 42.5 Å². The number of aromatic nitrogens is 1. The molecule has 0 fully saturated rings. The van der Waals surface area contributed by atoms with Crippen molar-refractivity contribution in [3.8, 4) is 0 Å². The predicted molar refractivity (Wildman–Crippen MR) is 78.3 cm³/mol. The van der Waals surface area contributed by atoms with Gasteiger partial charge < -0.3 is 5.73 Å². The van der Waals surface area contributed by atoms with E-state index in [2.05, 4.69) is 29.5 Å². The van der Waals surface area contributed by atoms with Crippen LogP contribution in [0.4, 0.5) is 5.82 Å². The topological polar surface area (TPSA) is 77.0 Å². The van der Waals surface area contributed by atoms with Gasteiger partial charge in [0.05, 0.1) is 0 Å². The lowest BCUT2D eigenvalue weighted by atomic mass is 9.97. The standard InChI is InChI=1S/C15H20N4/c1-11-5-2-3-6-12(11)9-14(19-17)10-13-7-4-8-18-15(13)16/h2-8,14,19H,9-10,17H2,1H3,(H2,16,18). The summed E-state index contributed by atoms with van der Waals surface area (Å²) in [6.45, 7) is 2.11. The number of pyridine rings is 1. The lowest BCUT2D eigenvalue weighted by Gasteiger charge is -2.18. The van der Waals surface area contributed by atoms with Gasteiger partial charge in [-0.15, -0.1) is 0 Å². The van der Waals surface area contributed by atoms with Gasteiger partial charge >= 0.3 is 0 Å². The van der Waals surface area contributed by atoms with Crippen LogP contribution < -0.4 is 17.0 Å². The second-order valence-corrected chi connectivity index (χ2v) is 4.75. The fourth-order valence-corrected chi connectivity index (χ4v) is 2.18. The largest absolute Gasteiger partial charge is 0.383 e. The Morgan fingerprint density at radius 1 is 1.11 bits per heavy atom. The molecule has 0 saturated heterocycles. The molecule has 2 rings (SSSR count). The highest BCUT2D eigenvalue weighted by atomic mass is 15.2. The molecule has 4 nitrogen and oxygen atoms in total. The molecular weight excluding hydrogens is 236 g/mol. The molecule has 100 valence electrons. The van der Waals surface area contributed by atoms with E-state index in [9.17, 15) is 0 Å². The van der Waals surface area contributed by atoms with Crippen LogP contribution in [0.5, 0.6) is 0 Å². The highest BCUT2D eigenvalue weighted by Gasteiger charge is 2.12. The van der Waals surface area contributed by atoms with E-state index < -0.39 is 0 Å². The van der Waals surface area contributed by atoms with E-state index in [1.54, 1.807) is 6.20 Å². The smallest absolute Gasteiger partial charge is 0.126 e. The van der Waals surface area contributed by atoms with E-state index in [0.29, 0.717) is 5.82 Å². The van der Waals surface area contributed by atoms with Crippen LogP contribution in [0.2, 0.25) is 0 Å². The van der Waals surface area contributed by atoms with Crippen molar-refractivity contribution in [1.82, 2.24) is 10.4 Å². The summed E-state index contributed by atoms with van der Waals surface area (Å²) in [7, 11) is 0. The minimum absolute atomic E-state index is 0.146. The van der Waals surface area contributed by atoms with E-state index in [-0.39, 0.29) is 6.04 Å². The predicted octanol–water partition coefficient (Wildman–Crippen LogP) is 1.59. The molecule has 1 aromatic heterocycles. The molecule has 1 heterocycles. The van der Waals surface area contributed by atoms with E-state index in [4.69, 9.17) is 11.6 Å². The number of hydrazine groups is 1. The Kier molecular flexibility index (Phi) is 4.49. The fourth-order valence-electron chi connectivity index (χ4n) is 2.18. The number of nitrogen functional groups attached to an aromatic ring is 1. The zero-order chi connectivity index (χ0) is 13.7. The van der Waals surface area contributed by atoms with Crippen molar-refractivity contribution in [3.05, 3.63) is 59.3 Å². The molecule has 1 aromatic carbocycles. The highest BCUT2D eigenvalue weighted by molar-refractivity contribution is 5.39. The number of aryl methyl sites for hydroxylation is 1. The Labute approximate surface area is 113 Å². The first-order valence-corrected chi connectivity index (χ1v) is 6.40. The van der Waals surface area contributed by atoms with Crippen molar-refractivity contribution >= 4 is 5.82 Å². The fraction of sp³-hybridized carbons (Fsp3) is 0.267. The molecule has 2 aromatic rings. The molecule has 0 aliphatic carbocycles. The van der Waals surface area contributed by atoms with E-state index in [0.717, 1.165) is 18.4 Å². The Bertz CT molecular complexity index is 492. The average molecular weight is 256 g/mol. The Balaban J connectivity index is 2.09. The quantitative estimate of drug-likeness (QED) is 0.561. The molecule has 0 radical (unpaired) electrons. The second kappa shape index (κ2) is 6.31. The molecule has 1 unspecified atom stereocenters. The number of anilines is 1. The first-order valence-electron chi connectivity index (χ1n) is 6.40. The molecular formula is C15H20N4. The summed E-state index contributed by atoms with van der Waals surface area (Å²) in [5, 5.41) is 0. The number of nitrogens with two attached hydrogens (primary N) is 2. The van der Waals surface area contributed by atoms with Crippen molar-refractivity contribution in [2.24, 2.45) is 5.84 Å². The van der Waals surface area contributed by atoms with Crippen molar-refractivity contribution in [2.75, 3.05) is 5.73 Å². The molecule has 19 heavy (non-hydrogen) atoms. The summed E-state index contributed by atoms with van der Waals surface area (Å²) < 4.78 is 0. The van der Waals surface area contributed by atoms with Gasteiger partial charge in [0.2, 0.25) is 0 Å². The minimum Gasteiger partial charge on any atom is -0.383 e. The number of nitrogens with one attached hydrogen (secondary N) is 1. The first-order chi connectivity index (χ1) is 9.20. The number of rotatable bonds is 5.